The van der Waals surface area contributed by atoms with Crippen LogP contribution in [0.1, 0.15) is 0 Å². The first-order valence-electron chi connectivity index (χ1n) is 5.55. The zero-order valence-electron chi connectivity index (χ0n) is 10.3. The number of benzene rings is 1. The number of aromatic amines is 1. The summed E-state index contributed by atoms with van der Waals surface area (Å²) in [4.78, 5) is -0.295. The van der Waals surface area contributed by atoms with Gasteiger partial charge in [0.25, 0.3) is 0 Å². The molecule has 5 N–H and O–H groups in total. The summed E-state index contributed by atoms with van der Waals surface area (Å²) in [6.07, 6.45) is -0.953. The third kappa shape index (κ3) is 3.97. The molecule has 0 fully saturated rings. The lowest BCUT2D eigenvalue weighted by molar-refractivity contribution is 0.228. The molecule has 0 saturated heterocycles. The van der Waals surface area contributed by atoms with Crippen molar-refractivity contribution in [2.24, 2.45) is 0 Å². The van der Waals surface area contributed by atoms with Gasteiger partial charge in [-0.3, -0.25) is 0 Å². The van der Waals surface area contributed by atoms with Gasteiger partial charge in [0.15, 0.2) is 0 Å². The zero-order valence-corrected chi connectivity index (χ0v) is 11.9. The van der Waals surface area contributed by atoms with E-state index in [0.29, 0.717) is 5.56 Å². The third-order valence-electron chi connectivity index (χ3n) is 2.37. The maximum Gasteiger partial charge on any atom is 0.386 e. The van der Waals surface area contributed by atoms with E-state index in [1.54, 1.807) is 0 Å². The van der Waals surface area contributed by atoms with Gasteiger partial charge in [0.2, 0.25) is 15.8 Å². The Morgan fingerprint density at radius 1 is 1.33 bits per heavy atom. The smallest absolute Gasteiger partial charge is 0.386 e. The van der Waals surface area contributed by atoms with E-state index in [2.05, 4.69) is 20.6 Å². The second-order valence-corrected chi connectivity index (χ2v) is 6.27. The molecule has 0 aliphatic heterocycles. The molecule has 1 aromatic heterocycles. The van der Waals surface area contributed by atoms with Crippen molar-refractivity contribution in [1.82, 2.24) is 25.3 Å². The van der Waals surface area contributed by atoms with Crippen LogP contribution in [0.4, 0.5) is 0 Å². The molecule has 0 bridgehead atoms. The molecular weight excluding hydrogens is 324 g/mol. The van der Waals surface area contributed by atoms with E-state index in [1.165, 1.54) is 18.2 Å². The Kier molecular flexibility index (Phi) is 4.27. The Labute approximate surface area is 123 Å². The molecule has 0 radical (unpaired) electrons. The Morgan fingerprint density at radius 3 is 2.57 bits per heavy atom. The molecule has 21 heavy (non-hydrogen) atoms. The maximum atomic E-state index is 11.9. The number of hydrogen-bond acceptors (Lipinski definition) is 8. The van der Waals surface area contributed by atoms with E-state index < -0.39 is 23.2 Å². The molecule has 1 heterocycles. The highest BCUT2D eigenvalue weighted by atomic mass is 35.5. The molecule has 10 nitrogen and oxygen atoms in total. The first-order valence-corrected chi connectivity index (χ1v) is 7.41. The van der Waals surface area contributed by atoms with E-state index in [0.717, 1.165) is 0 Å². The quantitative estimate of drug-likeness (QED) is 0.402. The summed E-state index contributed by atoms with van der Waals surface area (Å²) >= 11 is 5.89. The van der Waals surface area contributed by atoms with Crippen LogP contribution in [0.2, 0.25) is 5.02 Å². The molecule has 114 valence electrons. The molecule has 2 rings (SSSR count). The normalized spacial score (nSPS) is 12.6. The van der Waals surface area contributed by atoms with Gasteiger partial charge in [0.05, 0.1) is 5.02 Å². The van der Waals surface area contributed by atoms with Crippen LogP contribution in [0.15, 0.2) is 23.1 Å². The van der Waals surface area contributed by atoms with Crippen LogP contribution in [-0.2, 0) is 10.0 Å². The molecule has 1 aromatic carbocycles. The maximum absolute atomic E-state index is 11.9. The first-order chi connectivity index (χ1) is 9.69. The molecular formula is C8H10BClN5O5S-. The standard InChI is InChI=1S/C8H10BClN5O5S/c10-6-3-5(8-12-14-15-13-8)1-2-7(6)21(19,20)11-4-9(16,17)18/h1-3,11,16-18H,4H2,(H,12,13,14,15)/q-1. The van der Waals surface area contributed by atoms with Crippen molar-refractivity contribution in [1.29, 1.82) is 0 Å². The van der Waals surface area contributed by atoms with E-state index in [1.807, 2.05) is 4.72 Å². The second-order valence-electron chi connectivity index (χ2n) is 4.13. The van der Waals surface area contributed by atoms with E-state index in [9.17, 15) is 8.42 Å². The Hall–Kier alpha value is -1.57. The number of sulfonamides is 1. The molecule has 0 aliphatic rings. The molecule has 0 amide bonds. The van der Waals surface area contributed by atoms with Crippen LogP contribution in [0, 0.1) is 0 Å². The summed E-state index contributed by atoms with van der Waals surface area (Å²) in [5.41, 5.74) is 0.442. The summed E-state index contributed by atoms with van der Waals surface area (Å²) in [5, 5.41) is 39.2. The zero-order chi connectivity index (χ0) is 15.7. The van der Waals surface area contributed by atoms with Gasteiger partial charge in [-0.2, -0.15) is 5.21 Å². The molecule has 0 saturated carbocycles. The number of hydrogen-bond donors (Lipinski definition) is 5. The number of aromatic nitrogens is 4. The molecule has 0 unspecified atom stereocenters. The van der Waals surface area contributed by atoms with Crippen LogP contribution in [0.25, 0.3) is 11.4 Å². The van der Waals surface area contributed by atoms with Gasteiger partial charge in [-0.1, -0.05) is 11.6 Å². The minimum Gasteiger partial charge on any atom is -0.559 e. The topological polar surface area (TPSA) is 161 Å². The first kappa shape index (κ1) is 15.8. The van der Waals surface area contributed by atoms with Crippen molar-refractivity contribution in [3.8, 4) is 11.4 Å². The minimum atomic E-state index is -4.12. The predicted molar refractivity (Wildman–Crippen MR) is 72.2 cm³/mol. The highest BCUT2D eigenvalue weighted by Crippen LogP contribution is 2.26. The van der Waals surface area contributed by atoms with E-state index in [4.69, 9.17) is 26.7 Å². The van der Waals surface area contributed by atoms with E-state index in [-0.39, 0.29) is 15.7 Å². The summed E-state index contributed by atoms with van der Waals surface area (Å²) in [6, 6.07) is 3.91. The average molecular weight is 335 g/mol. The fraction of sp³-hybridized carbons (Fsp3) is 0.125. The number of rotatable bonds is 5. The number of halogens is 1. The summed E-state index contributed by atoms with van der Waals surface area (Å²) in [7, 11) is -4.12. The lowest BCUT2D eigenvalue weighted by atomic mass is 9.82. The van der Waals surface area contributed by atoms with Gasteiger partial charge in [-0.05, 0) is 29.9 Å². The number of tetrazole rings is 1. The predicted octanol–water partition coefficient (Wildman–Crippen LogP) is -1.75. The minimum absolute atomic E-state index is 0.128. The average Bonchev–Trinajstić information content (AvgIpc) is 2.89. The number of nitrogens with one attached hydrogen (secondary N) is 2. The Balaban J connectivity index is 2.28. The van der Waals surface area contributed by atoms with Crippen molar-refractivity contribution >= 4 is 28.4 Å². The number of nitrogens with zero attached hydrogens (tertiary/aromatic N) is 3. The van der Waals surface area contributed by atoms with Gasteiger partial charge in [-0.25, -0.2) is 13.1 Å². The van der Waals surface area contributed by atoms with Crippen molar-refractivity contribution in [2.75, 3.05) is 6.44 Å². The Morgan fingerprint density at radius 2 is 2.05 bits per heavy atom. The van der Waals surface area contributed by atoms with Crippen molar-refractivity contribution in [3.63, 3.8) is 0 Å². The SMILES string of the molecule is O=S(=O)(NC[B-](O)(O)O)c1ccc(-c2nn[nH]n2)cc1Cl. The highest BCUT2D eigenvalue weighted by Gasteiger charge is 2.23. The summed E-state index contributed by atoms with van der Waals surface area (Å²) in [6.45, 7) is -3.78. The number of H-pyrrole nitrogens is 1. The Bertz CT molecular complexity index is 732. The van der Waals surface area contributed by atoms with Crippen LogP contribution in [0.3, 0.4) is 0 Å². The van der Waals surface area contributed by atoms with Gasteiger partial charge in [0, 0.05) is 5.56 Å². The van der Waals surface area contributed by atoms with Crippen LogP contribution < -0.4 is 4.72 Å². The van der Waals surface area contributed by atoms with Gasteiger partial charge in [0.1, 0.15) is 4.90 Å². The van der Waals surface area contributed by atoms with Crippen LogP contribution in [0.5, 0.6) is 0 Å². The highest BCUT2D eigenvalue weighted by molar-refractivity contribution is 7.89. The molecule has 13 heteroatoms. The summed E-state index contributed by atoms with van der Waals surface area (Å²) < 4.78 is 25.7. The third-order valence-corrected chi connectivity index (χ3v) is 4.28. The molecule has 2 aromatic rings. The molecule has 0 aliphatic carbocycles. The second kappa shape index (κ2) is 5.67. The largest absolute Gasteiger partial charge is 0.559 e. The van der Waals surface area contributed by atoms with Crippen molar-refractivity contribution < 1.29 is 23.5 Å². The fourth-order valence-corrected chi connectivity index (χ4v) is 3.09. The summed E-state index contributed by atoms with van der Waals surface area (Å²) in [5.74, 6) is 0.234. The lowest BCUT2D eigenvalue weighted by Gasteiger charge is -2.20. The van der Waals surface area contributed by atoms with Crippen LogP contribution in [-0.4, -0.2) is 57.3 Å². The van der Waals surface area contributed by atoms with E-state index >= 15 is 0 Å². The van der Waals surface area contributed by atoms with Crippen molar-refractivity contribution in [2.45, 2.75) is 4.90 Å². The molecule has 0 atom stereocenters. The van der Waals surface area contributed by atoms with Crippen LogP contribution >= 0.6 is 11.6 Å². The van der Waals surface area contributed by atoms with Gasteiger partial charge >= 0.3 is 6.75 Å². The van der Waals surface area contributed by atoms with Crippen molar-refractivity contribution in [3.05, 3.63) is 23.2 Å². The monoisotopic (exact) mass is 334 g/mol. The van der Waals surface area contributed by atoms with Gasteiger partial charge < -0.3 is 15.1 Å². The molecule has 0 spiro atoms. The van der Waals surface area contributed by atoms with Gasteiger partial charge in [-0.15, -0.1) is 10.2 Å². The fourth-order valence-electron chi connectivity index (χ4n) is 1.44. The lowest BCUT2D eigenvalue weighted by Crippen LogP contribution is -2.48.